The maximum absolute atomic E-state index is 12.1. The molecule has 3 unspecified atom stereocenters. The third-order valence-corrected chi connectivity index (χ3v) is 4.20. The second kappa shape index (κ2) is 4.25. The SMILES string of the molecule is CN(C)C(=O)C1CC2CN(CC3CC3)CC1O2. The van der Waals surface area contributed by atoms with Gasteiger partial charge in [-0.2, -0.15) is 0 Å². The van der Waals surface area contributed by atoms with Crippen molar-refractivity contribution in [3.8, 4) is 0 Å². The molecule has 2 saturated heterocycles. The van der Waals surface area contributed by atoms with Crippen LogP contribution in [0.25, 0.3) is 0 Å². The molecular weight excluding hydrogens is 216 g/mol. The van der Waals surface area contributed by atoms with Gasteiger partial charge in [0.15, 0.2) is 0 Å². The van der Waals surface area contributed by atoms with Crippen LogP contribution in [0.15, 0.2) is 0 Å². The van der Waals surface area contributed by atoms with E-state index in [1.54, 1.807) is 4.90 Å². The van der Waals surface area contributed by atoms with Gasteiger partial charge >= 0.3 is 0 Å². The molecule has 1 amide bonds. The van der Waals surface area contributed by atoms with Gasteiger partial charge in [0.25, 0.3) is 0 Å². The Morgan fingerprint density at radius 3 is 2.76 bits per heavy atom. The molecule has 2 bridgehead atoms. The van der Waals surface area contributed by atoms with Gasteiger partial charge in [0.05, 0.1) is 18.1 Å². The van der Waals surface area contributed by atoms with Crippen molar-refractivity contribution in [3.63, 3.8) is 0 Å². The van der Waals surface area contributed by atoms with Crippen molar-refractivity contribution in [2.45, 2.75) is 31.5 Å². The van der Waals surface area contributed by atoms with E-state index in [0.717, 1.165) is 25.4 Å². The number of amides is 1. The molecule has 17 heavy (non-hydrogen) atoms. The first kappa shape index (κ1) is 11.5. The highest BCUT2D eigenvalue weighted by atomic mass is 16.5. The number of hydrogen-bond acceptors (Lipinski definition) is 3. The maximum atomic E-state index is 12.1. The summed E-state index contributed by atoms with van der Waals surface area (Å²) in [5.74, 6) is 1.26. The fourth-order valence-electron chi connectivity index (χ4n) is 3.14. The van der Waals surface area contributed by atoms with Crippen molar-refractivity contribution in [3.05, 3.63) is 0 Å². The fraction of sp³-hybridized carbons (Fsp3) is 0.923. The van der Waals surface area contributed by atoms with E-state index in [0.29, 0.717) is 6.10 Å². The normalized spacial score (nSPS) is 37.2. The molecule has 2 aliphatic heterocycles. The Morgan fingerprint density at radius 2 is 2.12 bits per heavy atom. The zero-order chi connectivity index (χ0) is 12.0. The highest BCUT2D eigenvalue weighted by Crippen LogP contribution is 2.36. The molecule has 96 valence electrons. The molecule has 2 heterocycles. The minimum Gasteiger partial charge on any atom is -0.371 e. The number of nitrogens with zero attached hydrogens (tertiary/aromatic N) is 2. The van der Waals surface area contributed by atoms with Crippen LogP contribution in [0.4, 0.5) is 0 Å². The van der Waals surface area contributed by atoms with Gasteiger partial charge in [0.1, 0.15) is 0 Å². The predicted octanol–water partition coefficient (Wildman–Crippen LogP) is 0.574. The van der Waals surface area contributed by atoms with Crippen LogP contribution in [0.2, 0.25) is 0 Å². The second-order valence-electron chi connectivity index (χ2n) is 6.03. The first-order valence-electron chi connectivity index (χ1n) is 6.72. The molecule has 0 aromatic rings. The summed E-state index contributed by atoms with van der Waals surface area (Å²) in [6, 6.07) is 0. The molecule has 0 aromatic heterocycles. The lowest BCUT2D eigenvalue weighted by Gasteiger charge is -2.33. The van der Waals surface area contributed by atoms with E-state index in [1.165, 1.54) is 19.4 Å². The molecule has 0 aromatic carbocycles. The van der Waals surface area contributed by atoms with Crippen molar-refractivity contribution >= 4 is 5.91 Å². The van der Waals surface area contributed by atoms with Gasteiger partial charge < -0.3 is 9.64 Å². The van der Waals surface area contributed by atoms with E-state index < -0.39 is 0 Å². The lowest BCUT2D eigenvalue weighted by atomic mass is 9.99. The quantitative estimate of drug-likeness (QED) is 0.721. The summed E-state index contributed by atoms with van der Waals surface area (Å²) in [5.41, 5.74) is 0. The minimum absolute atomic E-state index is 0.0965. The molecule has 3 rings (SSSR count). The number of morpholine rings is 1. The zero-order valence-electron chi connectivity index (χ0n) is 10.8. The number of rotatable bonds is 3. The molecule has 0 radical (unpaired) electrons. The van der Waals surface area contributed by atoms with Crippen molar-refractivity contribution in [1.29, 1.82) is 0 Å². The Bertz CT molecular complexity index is 315. The summed E-state index contributed by atoms with van der Waals surface area (Å²) in [6.45, 7) is 3.21. The van der Waals surface area contributed by atoms with Gasteiger partial charge in [0, 0.05) is 33.7 Å². The van der Waals surface area contributed by atoms with E-state index in [1.807, 2.05) is 14.1 Å². The molecule has 0 spiro atoms. The van der Waals surface area contributed by atoms with Crippen molar-refractivity contribution < 1.29 is 9.53 Å². The molecule has 1 aliphatic carbocycles. The lowest BCUT2D eigenvalue weighted by Crippen LogP contribution is -2.45. The van der Waals surface area contributed by atoms with E-state index in [4.69, 9.17) is 4.74 Å². The Labute approximate surface area is 103 Å². The molecule has 3 atom stereocenters. The smallest absolute Gasteiger partial charge is 0.227 e. The molecule has 0 N–H and O–H groups in total. The topological polar surface area (TPSA) is 32.8 Å². The standard InChI is InChI=1S/C13H22N2O2/c1-14(2)13(16)11-5-10-7-15(6-9-3-4-9)8-12(11)17-10/h9-12H,3-8H2,1-2H3. The molecule has 3 aliphatic rings. The van der Waals surface area contributed by atoms with E-state index in [-0.39, 0.29) is 17.9 Å². The van der Waals surface area contributed by atoms with Crippen molar-refractivity contribution in [2.75, 3.05) is 33.7 Å². The molecule has 4 nitrogen and oxygen atoms in total. The summed E-state index contributed by atoms with van der Waals surface area (Å²) in [5, 5.41) is 0. The Balaban J connectivity index is 1.62. The van der Waals surface area contributed by atoms with Gasteiger partial charge in [-0.1, -0.05) is 0 Å². The van der Waals surface area contributed by atoms with Gasteiger partial charge in [-0.25, -0.2) is 0 Å². The van der Waals surface area contributed by atoms with Gasteiger partial charge in [-0.05, 0) is 25.2 Å². The molecule has 4 heteroatoms. The molecular formula is C13H22N2O2. The van der Waals surface area contributed by atoms with Gasteiger partial charge in [-0.3, -0.25) is 9.69 Å². The van der Waals surface area contributed by atoms with E-state index in [9.17, 15) is 4.79 Å². The fourth-order valence-corrected chi connectivity index (χ4v) is 3.14. The van der Waals surface area contributed by atoms with Crippen LogP contribution in [-0.4, -0.2) is 61.6 Å². The number of ether oxygens (including phenoxy) is 1. The van der Waals surface area contributed by atoms with Gasteiger partial charge in [0.2, 0.25) is 5.91 Å². The Hall–Kier alpha value is -0.610. The average molecular weight is 238 g/mol. The monoisotopic (exact) mass is 238 g/mol. The minimum atomic E-state index is 0.0965. The van der Waals surface area contributed by atoms with E-state index in [2.05, 4.69) is 4.90 Å². The van der Waals surface area contributed by atoms with Crippen LogP contribution < -0.4 is 0 Å². The van der Waals surface area contributed by atoms with Crippen molar-refractivity contribution in [2.24, 2.45) is 11.8 Å². The van der Waals surface area contributed by atoms with Gasteiger partial charge in [-0.15, -0.1) is 0 Å². The highest BCUT2D eigenvalue weighted by Gasteiger charge is 2.45. The summed E-state index contributed by atoms with van der Waals surface area (Å²) < 4.78 is 5.92. The first-order valence-corrected chi connectivity index (χ1v) is 6.72. The number of carbonyl (C=O) groups is 1. The van der Waals surface area contributed by atoms with Crippen molar-refractivity contribution in [1.82, 2.24) is 9.80 Å². The number of hydrogen-bond donors (Lipinski definition) is 0. The maximum Gasteiger partial charge on any atom is 0.227 e. The van der Waals surface area contributed by atoms with Crippen LogP contribution in [0.3, 0.4) is 0 Å². The largest absolute Gasteiger partial charge is 0.371 e. The molecule has 1 saturated carbocycles. The highest BCUT2D eigenvalue weighted by molar-refractivity contribution is 5.79. The Morgan fingerprint density at radius 1 is 1.35 bits per heavy atom. The van der Waals surface area contributed by atoms with Crippen LogP contribution in [0.1, 0.15) is 19.3 Å². The first-order chi connectivity index (χ1) is 8.13. The average Bonchev–Trinajstić information content (AvgIpc) is 3.03. The number of carbonyl (C=O) groups excluding carboxylic acids is 1. The lowest BCUT2D eigenvalue weighted by molar-refractivity contribution is -0.136. The predicted molar refractivity (Wildman–Crippen MR) is 64.6 cm³/mol. The summed E-state index contributed by atoms with van der Waals surface area (Å²) in [6.07, 6.45) is 4.14. The zero-order valence-corrected chi connectivity index (χ0v) is 10.8. The summed E-state index contributed by atoms with van der Waals surface area (Å²) in [7, 11) is 3.68. The van der Waals surface area contributed by atoms with Crippen LogP contribution in [0, 0.1) is 11.8 Å². The number of likely N-dealkylation sites (tertiary alicyclic amines) is 1. The van der Waals surface area contributed by atoms with Crippen LogP contribution in [0.5, 0.6) is 0 Å². The summed E-state index contributed by atoms with van der Waals surface area (Å²) >= 11 is 0. The van der Waals surface area contributed by atoms with Crippen LogP contribution >= 0.6 is 0 Å². The summed E-state index contributed by atoms with van der Waals surface area (Å²) in [4.78, 5) is 16.3. The van der Waals surface area contributed by atoms with E-state index >= 15 is 0 Å². The number of fused-ring (bicyclic) bond motifs is 2. The third kappa shape index (κ3) is 2.33. The molecule has 3 fully saturated rings. The Kier molecular flexibility index (Phi) is 2.87. The second-order valence-corrected chi connectivity index (χ2v) is 6.03. The van der Waals surface area contributed by atoms with Crippen LogP contribution in [-0.2, 0) is 9.53 Å². The third-order valence-electron chi connectivity index (χ3n) is 4.20.